The van der Waals surface area contributed by atoms with Crippen LogP contribution in [-0.2, 0) is 10.0 Å². The van der Waals surface area contributed by atoms with E-state index in [1.54, 1.807) is 23.7 Å². The van der Waals surface area contributed by atoms with Gasteiger partial charge in [0, 0.05) is 0 Å². The van der Waals surface area contributed by atoms with Crippen LogP contribution in [0, 0.1) is 0 Å². The van der Waals surface area contributed by atoms with E-state index in [4.69, 9.17) is 11.6 Å². The lowest BCUT2D eigenvalue weighted by Crippen LogP contribution is -2.11. The van der Waals surface area contributed by atoms with Crippen molar-refractivity contribution in [3.63, 3.8) is 0 Å². The van der Waals surface area contributed by atoms with Gasteiger partial charge in [-0.15, -0.1) is 22.7 Å². The number of hydrogen-bond acceptors (Lipinski definition) is 5. The van der Waals surface area contributed by atoms with Crippen molar-refractivity contribution in [1.82, 2.24) is 4.98 Å². The highest BCUT2D eigenvalue weighted by Gasteiger charge is 2.19. The normalized spacial score (nSPS) is 11.9. The molecule has 0 aliphatic heterocycles. The van der Waals surface area contributed by atoms with Crippen molar-refractivity contribution in [3.05, 3.63) is 38.6 Å². The molecule has 0 saturated heterocycles. The molecule has 9 heteroatoms. The van der Waals surface area contributed by atoms with Crippen molar-refractivity contribution in [3.8, 4) is 0 Å². The molecule has 0 fully saturated rings. The van der Waals surface area contributed by atoms with Crippen molar-refractivity contribution in [2.75, 3.05) is 4.72 Å². The Kier molecular flexibility index (Phi) is 3.76. The maximum atomic E-state index is 12.2. The zero-order chi connectivity index (χ0) is 14.3. The first-order valence-electron chi connectivity index (χ1n) is 5.26. The minimum absolute atomic E-state index is 0.166. The second-order valence-electron chi connectivity index (χ2n) is 3.83. The van der Waals surface area contributed by atoms with Crippen molar-refractivity contribution in [2.24, 2.45) is 0 Å². The molecule has 1 aromatic carbocycles. The van der Waals surface area contributed by atoms with Crippen molar-refractivity contribution in [1.29, 1.82) is 0 Å². The summed E-state index contributed by atoms with van der Waals surface area (Å²) in [6.07, 6.45) is 0. The lowest BCUT2D eigenvalue weighted by molar-refractivity contribution is 0.603. The van der Waals surface area contributed by atoms with E-state index in [0.717, 1.165) is 21.6 Å². The number of fused-ring (bicyclic) bond motifs is 1. The highest BCUT2D eigenvalue weighted by atomic mass is 79.9. The van der Waals surface area contributed by atoms with Crippen LogP contribution in [0.25, 0.3) is 10.2 Å². The number of hydrogen-bond donors (Lipinski definition) is 1. The third-order valence-electron chi connectivity index (χ3n) is 2.47. The zero-order valence-corrected chi connectivity index (χ0v) is 14.4. The Morgan fingerprint density at radius 1 is 1.30 bits per heavy atom. The van der Waals surface area contributed by atoms with E-state index in [1.165, 1.54) is 17.4 Å². The predicted octanol–water partition coefficient (Wildman–Crippen LogP) is 4.57. The predicted molar refractivity (Wildman–Crippen MR) is 87.5 cm³/mol. The standard InChI is InChI=1S/C11H6BrClN2O2S3/c12-11-7(13)4-10(19-11)20(16,17)15-6-1-2-8-9(3-6)18-5-14-8/h1-5,15H. The maximum Gasteiger partial charge on any atom is 0.271 e. The van der Waals surface area contributed by atoms with Gasteiger partial charge in [0.1, 0.15) is 4.21 Å². The molecule has 4 nitrogen and oxygen atoms in total. The third-order valence-corrected chi connectivity index (χ3v) is 7.59. The van der Waals surface area contributed by atoms with Gasteiger partial charge in [0.25, 0.3) is 10.0 Å². The summed E-state index contributed by atoms with van der Waals surface area (Å²) in [7, 11) is -3.63. The number of sulfonamides is 1. The zero-order valence-electron chi connectivity index (χ0n) is 9.63. The topological polar surface area (TPSA) is 59.1 Å². The number of nitrogens with zero attached hydrogens (tertiary/aromatic N) is 1. The second-order valence-corrected chi connectivity index (χ2v) is 9.40. The second kappa shape index (κ2) is 5.27. The van der Waals surface area contributed by atoms with Gasteiger partial charge in [-0.3, -0.25) is 4.72 Å². The molecule has 3 rings (SSSR count). The molecular formula is C11H6BrClN2O2S3. The van der Waals surface area contributed by atoms with Gasteiger partial charge in [0.2, 0.25) is 0 Å². The SMILES string of the molecule is O=S(=O)(Nc1ccc2ncsc2c1)c1cc(Cl)c(Br)s1. The van der Waals surface area contributed by atoms with Gasteiger partial charge in [-0.2, -0.15) is 0 Å². The van der Waals surface area contributed by atoms with Crippen LogP contribution >= 0.6 is 50.2 Å². The molecule has 2 aromatic heterocycles. The molecule has 3 aromatic rings. The van der Waals surface area contributed by atoms with E-state index in [2.05, 4.69) is 25.6 Å². The Morgan fingerprint density at radius 3 is 2.80 bits per heavy atom. The fraction of sp³-hybridized carbons (Fsp3) is 0. The Bertz CT molecular complexity index is 869. The van der Waals surface area contributed by atoms with Gasteiger partial charge >= 0.3 is 0 Å². The molecule has 0 amide bonds. The Morgan fingerprint density at radius 2 is 2.10 bits per heavy atom. The van der Waals surface area contributed by atoms with Gasteiger partial charge < -0.3 is 0 Å². The van der Waals surface area contributed by atoms with Gasteiger partial charge in [0.05, 0.1) is 30.2 Å². The summed E-state index contributed by atoms with van der Waals surface area (Å²) < 4.78 is 28.7. The molecule has 2 heterocycles. The quantitative estimate of drug-likeness (QED) is 0.689. The molecule has 0 bridgehead atoms. The monoisotopic (exact) mass is 408 g/mol. The number of thiophene rings is 1. The summed E-state index contributed by atoms with van der Waals surface area (Å²) in [4.78, 5) is 4.15. The van der Waals surface area contributed by atoms with Gasteiger partial charge in [-0.1, -0.05) is 11.6 Å². The van der Waals surface area contributed by atoms with E-state index in [1.807, 2.05) is 0 Å². The van der Waals surface area contributed by atoms with Crippen LogP contribution in [-0.4, -0.2) is 13.4 Å². The van der Waals surface area contributed by atoms with E-state index < -0.39 is 10.0 Å². The van der Waals surface area contributed by atoms with E-state index in [0.29, 0.717) is 14.5 Å². The summed E-state index contributed by atoms with van der Waals surface area (Å²) in [5.74, 6) is 0. The summed E-state index contributed by atoms with van der Waals surface area (Å²) in [6.45, 7) is 0. The molecule has 1 N–H and O–H groups in total. The highest BCUT2D eigenvalue weighted by Crippen LogP contribution is 2.35. The van der Waals surface area contributed by atoms with Crippen molar-refractivity contribution < 1.29 is 8.42 Å². The number of aromatic nitrogens is 1. The van der Waals surface area contributed by atoms with E-state index in [-0.39, 0.29) is 4.21 Å². The van der Waals surface area contributed by atoms with Crippen LogP contribution in [0.2, 0.25) is 5.02 Å². The minimum atomic E-state index is -3.63. The average Bonchev–Trinajstić information content (AvgIpc) is 2.96. The fourth-order valence-corrected chi connectivity index (χ4v) is 5.75. The smallest absolute Gasteiger partial charge is 0.271 e. The molecule has 0 atom stereocenters. The van der Waals surface area contributed by atoms with Gasteiger partial charge in [0.15, 0.2) is 0 Å². The molecule has 0 saturated carbocycles. The Hall–Kier alpha value is -0.670. The van der Waals surface area contributed by atoms with Gasteiger partial charge in [-0.05, 0) is 40.2 Å². The largest absolute Gasteiger partial charge is 0.279 e. The van der Waals surface area contributed by atoms with Gasteiger partial charge in [-0.25, -0.2) is 13.4 Å². The first-order chi connectivity index (χ1) is 9.45. The first-order valence-corrected chi connectivity index (χ1v) is 9.62. The summed E-state index contributed by atoms with van der Waals surface area (Å²) in [6, 6.07) is 6.64. The van der Waals surface area contributed by atoms with Crippen LogP contribution < -0.4 is 4.72 Å². The molecule has 0 unspecified atom stereocenters. The number of rotatable bonds is 3. The molecule has 0 radical (unpaired) electrons. The fourth-order valence-electron chi connectivity index (χ4n) is 1.58. The molecule has 0 aliphatic carbocycles. The number of anilines is 1. The maximum absolute atomic E-state index is 12.2. The summed E-state index contributed by atoms with van der Waals surface area (Å²) >= 11 is 11.6. The summed E-state index contributed by atoms with van der Waals surface area (Å²) in [5.41, 5.74) is 3.07. The lowest BCUT2D eigenvalue weighted by Gasteiger charge is -2.05. The minimum Gasteiger partial charge on any atom is -0.279 e. The molecular weight excluding hydrogens is 404 g/mol. The number of thiazole rings is 1. The number of nitrogens with one attached hydrogen (secondary N) is 1. The van der Waals surface area contributed by atoms with E-state index in [9.17, 15) is 8.42 Å². The highest BCUT2D eigenvalue weighted by molar-refractivity contribution is 9.11. The van der Waals surface area contributed by atoms with Crippen molar-refractivity contribution >= 4 is 76.1 Å². The van der Waals surface area contributed by atoms with Crippen LogP contribution in [0.4, 0.5) is 5.69 Å². The first kappa shape index (κ1) is 14.3. The van der Waals surface area contributed by atoms with Crippen molar-refractivity contribution in [2.45, 2.75) is 4.21 Å². The van der Waals surface area contributed by atoms with Crippen LogP contribution in [0.1, 0.15) is 0 Å². The molecule has 0 aliphatic rings. The van der Waals surface area contributed by atoms with Crippen LogP contribution in [0.5, 0.6) is 0 Å². The number of benzene rings is 1. The Balaban J connectivity index is 1.96. The molecule has 0 spiro atoms. The van der Waals surface area contributed by atoms with Crippen LogP contribution in [0.15, 0.2) is 37.8 Å². The lowest BCUT2D eigenvalue weighted by atomic mass is 10.3. The van der Waals surface area contributed by atoms with E-state index >= 15 is 0 Å². The summed E-state index contributed by atoms with van der Waals surface area (Å²) in [5, 5.41) is 0.383. The average molecular weight is 410 g/mol. The third kappa shape index (κ3) is 2.71. The van der Waals surface area contributed by atoms with Crippen LogP contribution in [0.3, 0.4) is 0 Å². The molecule has 104 valence electrons. The molecule has 20 heavy (non-hydrogen) atoms. The Labute approximate surface area is 136 Å². The number of halogens is 2.